The van der Waals surface area contributed by atoms with Gasteiger partial charge in [-0.25, -0.2) is 0 Å². The number of phenols is 1. The Balaban J connectivity index is 2.11. The molecule has 0 radical (unpaired) electrons. The Labute approximate surface area is 119 Å². The maximum atomic E-state index is 12.1. The Morgan fingerprint density at radius 3 is 2.50 bits per heavy atom. The van der Waals surface area contributed by atoms with E-state index in [1.807, 2.05) is 18.2 Å². The first-order chi connectivity index (χ1) is 9.63. The van der Waals surface area contributed by atoms with Crippen molar-refractivity contribution in [1.29, 1.82) is 0 Å². The molecule has 20 heavy (non-hydrogen) atoms. The quantitative estimate of drug-likeness (QED) is 0.895. The zero-order valence-corrected chi connectivity index (χ0v) is 11.8. The van der Waals surface area contributed by atoms with Crippen molar-refractivity contribution in [2.45, 2.75) is 26.8 Å². The highest BCUT2D eigenvalue weighted by molar-refractivity contribution is 5.97. The van der Waals surface area contributed by atoms with E-state index < -0.39 is 0 Å². The lowest BCUT2D eigenvalue weighted by molar-refractivity contribution is 0.0948. The molecule has 0 aromatic heterocycles. The molecule has 3 heteroatoms. The average Bonchev–Trinajstić information content (AvgIpc) is 2.48. The minimum Gasteiger partial charge on any atom is -0.507 e. The molecule has 0 saturated heterocycles. The summed E-state index contributed by atoms with van der Waals surface area (Å²) in [4.78, 5) is 12.1. The summed E-state index contributed by atoms with van der Waals surface area (Å²) >= 11 is 0. The van der Waals surface area contributed by atoms with Gasteiger partial charge >= 0.3 is 0 Å². The normalized spacial score (nSPS) is 10.3. The van der Waals surface area contributed by atoms with E-state index in [0.717, 1.165) is 12.0 Å². The maximum absolute atomic E-state index is 12.1. The summed E-state index contributed by atoms with van der Waals surface area (Å²) in [5.41, 5.74) is 3.35. The van der Waals surface area contributed by atoms with Crippen LogP contribution >= 0.6 is 0 Å². The van der Waals surface area contributed by atoms with Gasteiger partial charge in [-0.3, -0.25) is 4.79 Å². The minimum absolute atomic E-state index is 0.0498. The van der Waals surface area contributed by atoms with E-state index in [9.17, 15) is 9.90 Å². The number of aromatic hydroxyl groups is 1. The predicted octanol–water partition coefficient (Wildman–Crippen LogP) is 3.19. The first-order valence-corrected chi connectivity index (χ1v) is 6.77. The summed E-state index contributed by atoms with van der Waals surface area (Å²) in [7, 11) is 0. The third kappa shape index (κ3) is 2.99. The Morgan fingerprint density at radius 1 is 1.10 bits per heavy atom. The first kappa shape index (κ1) is 14.1. The SMILES string of the molecule is CCc1ccccc1CNC(=O)c1cccc(C)c1O. The van der Waals surface area contributed by atoms with Crippen LogP contribution in [0.15, 0.2) is 42.5 Å². The van der Waals surface area contributed by atoms with Crippen LogP contribution in [0.3, 0.4) is 0 Å². The van der Waals surface area contributed by atoms with Gasteiger partial charge in [-0.2, -0.15) is 0 Å². The lowest BCUT2D eigenvalue weighted by atomic mass is 10.0. The summed E-state index contributed by atoms with van der Waals surface area (Å²) in [6.07, 6.45) is 0.932. The molecular weight excluding hydrogens is 250 g/mol. The highest BCUT2D eigenvalue weighted by atomic mass is 16.3. The Morgan fingerprint density at radius 2 is 1.80 bits per heavy atom. The van der Waals surface area contributed by atoms with E-state index in [2.05, 4.69) is 18.3 Å². The van der Waals surface area contributed by atoms with Crippen molar-refractivity contribution < 1.29 is 9.90 Å². The molecule has 0 aliphatic carbocycles. The fourth-order valence-corrected chi connectivity index (χ4v) is 2.19. The number of aryl methyl sites for hydroxylation is 2. The molecule has 0 unspecified atom stereocenters. The molecule has 0 fully saturated rings. The Hall–Kier alpha value is -2.29. The van der Waals surface area contributed by atoms with Gasteiger partial charge in [-0.15, -0.1) is 0 Å². The molecule has 3 nitrogen and oxygen atoms in total. The van der Waals surface area contributed by atoms with Gasteiger partial charge in [0.2, 0.25) is 0 Å². The number of para-hydroxylation sites is 1. The number of hydrogen-bond donors (Lipinski definition) is 2. The fraction of sp³-hybridized carbons (Fsp3) is 0.235. The van der Waals surface area contributed by atoms with E-state index in [-0.39, 0.29) is 11.7 Å². The summed E-state index contributed by atoms with van der Waals surface area (Å²) in [6.45, 7) is 4.34. The average molecular weight is 269 g/mol. The molecule has 1 amide bonds. The van der Waals surface area contributed by atoms with E-state index in [1.165, 1.54) is 5.56 Å². The van der Waals surface area contributed by atoms with Gasteiger partial charge in [-0.05, 0) is 36.1 Å². The number of amides is 1. The van der Waals surface area contributed by atoms with E-state index in [1.54, 1.807) is 25.1 Å². The summed E-state index contributed by atoms with van der Waals surface area (Å²) in [5.74, 6) is -0.203. The van der Waals surface area contributed by atoms with Crippen LogP contribution in [0, 0.1) is 6.92 Å². The lowest BCUT2D eigenvalue weighted by Gasteiger charge is -2.11. The van der Waals surface area contributed by atoms with Gasteiger partial charge < -0.3 is 10.4 Å². The monoisotopic (exact) mass is 269 g/mol. The Bertz CT molecular complexity index is 620. The zero-order chi connectivity index (χ0) is 14.5. The van der Waals surface area contributed by atoms with E-state index in [4.69, 9.17) is 0 Å². The number of carbonyl (C=O) groups is 1. The summed E-state index contributed by atoms with van der Waals surface area (Å²) in [6, 6.07) is 13.2. The molecule has 0 atom stereocenters. The van der Waals surface area contributed by atoms with Crippen molar-refractivity contribution in [2.75, 3.05) is 0 Å². The van der Waals surface area contributed by atoms with Crippen LogP contribution < -0.4 is 5.32 Å². The van der Waals surface area contributed by atoms with E-state index in [0.29, 0.717) is 17.7 Å². The van der Waals surface area contributed by atoms with Crippen molar-refractivity contribution in [2.24, 2.45) is 0 Å². The minimum atomic E-state index is -0.253. The number of benzene rings is 2. The fourth-order valence-electron chi connectivity index (χ4n) is 2.19. The van der Waals surface area contributed by atoms with Crippen LogP contribution in [-0.4, -0.2) is 11.0 Å². The number of hydrogen-bond acceptors (Lipinski definition) is 2. The van der Waals surface area contributed by atoms with Gasteiger partial charge in [0.25, 0.3) is 5.91 Å². The van der Waals surface area contributed by atoms with Gasteiger partial charge in [0, 0.05) is 6.54 Å². The topological polar surface area (TPSA) is 49.3 Å². The molecule has 0 aliphatic rings. The predicted molar refractivity (Wildman–Crippen MR) is 79.8 cm³/mol. The lowest BCUT2D eigenvalue weighted by Crippen LogP contribution is -2.23. The van der Waals surface area contributed by atoms with Gasteiger partial charge in [-0.1, -0.05) is 43.3 Å². The smallest absolute Gasteiger partial charge is 0.255 e. The maximum Gasteiger partial charge on any atom is 0.255 e. The molecule has 104 valence electrons. The van der Waals surface area contributed by atoms with Crippen LogP contribution in [0.5, 0.6) is 5.75 Å². The van der Waals surface area contributed by atoms with Gasteiger partial charge in [0.05, 0.1) is 5.56 Å². The number of rotatable bonds is 4. The molecule has 0 spiro atoms. The van der Waals surface area contributed by atoms with Crippen LogP contribution in [0.1, 0.15) is 34.0 Å². The van der Waals surface area contributed by atoms with Crippen molar-refractivity contribution in [1.82, 2.24) is 5.32 Å². The van der Waals surface area contributed by atoms with Crippen LogP contribution in [-0.2, 0) is 13.0 Å². The standard InChI is InChI=1S/C17H19NO2/c1-3-13-8-4-5-9-14(13)11-18-17(20)15-10-6-7-12(2)16(15)19/h4-10,19H,3,11H2,1-2H3,(H,18,20). The first-order valence-electron chi connectivity index (χ1n) is 6.77. The number of phenolic OH excluding ortho intramolecular Hbond substituents is 1. The van der Waals surface area contributed by atoms with Crippen LogP contribution in [0.2, 0.25) is 0 Å². The van der Waals surface area contributed by atoms with Crippen molar-refractivity contribution in [3.63, 3.8) is 0 Å². The molecule has 2 N–H and O–H groups in total. The molecular formula is C17H19NO2. The third-order valence-corrected chi connectivity index (χ3v) is 3.42. The van der Waals surface area contributed by atoms with Gasteiger partial charge in [0.1, 0.15) is 5.75 Å². The third-order valence-electron chi connectivity index (χ3n) is 3.42. The molecule has 0 bridgehead atoms. The molecule has 0 aliphatic heterocycles. The highest BCUT2D eigenvalue weighted by Crippen LogP contribution is 2.21. The molecule has 0 heterocycles. The van der Waals surface area contributed by atoms with Crippen molar-refractivity contribution in [3.05, 3.63) is 64.7 Å². The molecule has 2 aromatic rings. The largest absolute Gasteiger partial charge is 0.507 e. The Kier molecular flexibility index (Phi) is 4.41. The second-order valence-electron chi connectivity index (χ2n) is 4.78. The second kappa shape index (κ2) is 6.24. The molecule has 0 saturated carbocycles. The summed E-state index contributed by atoms with van der Waals surface area (Å²) < 4.78 is 0. The molecule has 2 aromatic carbocycles. The zero-order valence-electron chi connectivity index (χ0n) is 11.8. The van der Waals surface area contributed by atoms with Crippen LogP contribution in [0.4, 0.5) is 0 Å². The summed E-state index contributed by atoms with van der Waals surface area (Å²) in [5, 5.41) is 12.8. The number of nitrogens with one attached hydrogen (secondary N) is 1. The van der Waals surface area contributed by atoms with Gasteiger partial charge in [0.15, 0.2) is 0 Å². The van der Waals surface area contributed by atoms with Crippen molar-refractivity contribution >= 4 is 5.91 Å². The van der Waals surface area contributed by atoms with E-state index >= 15 is 0 Å². The highest BCUT2D eigenvalue weighted by Gasteiger charge is 2.12. The van der Waals surface area contributed by atoms with Crippen LogP contribution in [0.25, 0.3) is 0 Å². The molecule has 2 rings (SSSR count). The second-order valence-corrected chi connectivity index (χ2v) is 4.78. The number of carbonyl (C=O) groups excluding carboxylic acids is 1. The van der Waals surface area contributed by atoms with Crippen molar-refractivity contribution in [3.8, 4) is 5.75 Å².